The standard InChI is InChI=1S/C20H36N.F6P/c1-3-4-5-6-7-8-9-10-11-12-13-14-17-21-18-15-16-20(2)19-21;1-7(2,3,4,5)6/h15-16,18-19H,3-14,17H2,1-2H3;/q+1;-1. The summed E-state index contributed by atoms with van der Waals surface area (Å²) in [6, 6.07) is 4.31. The van der Waals surface area contributed by atoms with Gasteiger partial charge < -0.3 is 0 Å². The molecule has 1 aromatic rings. The molecule has 0 atom stereocenters. The van der Waals surface area contributed by atoms with Crippen molar-refractivity contribution in [3.63, 3.8) is 0 Å². The maximum atomic E-state index is 9.87. The van der Waals surface area contributed by atoms with Gasteiger partial charge in [0, 0.05) is 18.1 Å². The van der Waals surface area contributed by atoms with E-state index in [-0.39, 0.29) is 0 Å². The molecule has 0 aliphatic rings. The Morgan fingerprint density at radius 1 is 0.714 bits per heavy atom. The second-order valence-corrected chi connectivity index (χ2v) is 9.38. The summed E-state index contributed by atoms with van der Waals surface area (Å²) in [6.45, 7) is 5.63. The fraction of sp³-hybridized carbons (Fsp3) is 0.750. The molecule has 1 heterocycles. The van der Waals surface area contributed by atoms with Crippen molar-refractivity contribution < 1.29 is 29.7 Å². The van der Waals surface area contributed by atoms with Crippen LogP contribution in [0.1, 0.15) is 89.5 Å². The van der Waals surface area contributed by atoms with Gasteiger partial charge in [0.2, 0.25) is 0 Å². The third-order valence-corrected chi connectivity index (χ3v) is 4.28. The van der Waals surface area contributed by atoms with Gasteiger partial charge in [0.15, 0.2) is 12.4 Å². The van der Waals surface area contributed by atoms with Gasteiger partial charge in [0.05, 0.1) is 0 Å². The maximum absolute atomic E-state index is 10.7. The molecule has 0 amide bonds. The van der Waals surface area contributed by atoms with Gasteiger partial charge in [-0.15, -0.1) is 0 Å². The first-order valence-corrected chi connectivity index (χ1v) is 12.3. The molecule has 0 aromatic carbocycles. The third-order valence-electron chi connectivity index (χ3n) is 4.28. The van der Waals surface area contributed by atoms with E-state index in [0.29, 0.717) is 0 Å². The Labute approximate surface area is 165 Å². The number of halogens is 6. The Balaban J connectivity index is 0.000000887. The van der Waals surface area contributed by atoms with E-state index in [1.54, 1.807) is 0 Å². The predicted octanol–water partition coefficient (Wildman–Crippen LogP) is 9.37. The van der Waals surface area contributed by atoms with E-state index in [0.717, 1.165) is 0 Å². The molecule has 0 unspecified atom stereocenters. The molecule has 1 rings (SSSR count). The number of aromatic nitrogens is 1. The van der Waals surface area contributed by atoms with Crippen LogP contribution >= 0.6 is 7.81 Å². The Morgan fingerprint density at radius 2 is 1.11 bits per heavy atom. The van der Waals surface area contributed by atoms with E-state index in [9.17, 15) is 25.2 Å². The molecule has 0 N–H and O–H groups in total. The summed E-state index contributed by atoms with van der Waals surface area (Å²) in [5, 5.41) is 0. The zero-order valence-electron chi connectivity index (χ0n) is 17.2. The Bertz CT molecular complexity index is 519. The van der Waals surface area contributed by atoms with Gasteiger partial charge in [-0.3, -0.25) is 0 Å². The van der Waals surface area contributed by atoms with Crippen LogP contribution in [0.2, 0.25) is 0 Å². The van der Waals surface area contributed by atoms with Crippen molar-refractivity contribution in [3.05, 3.63) is 30.1 Å². The van der Waals surface area contributed by atoms with Crippen LogP contribution in [-0.4, -0.2) is 0 Å². The SMILES string of the molecule is CCCCCCCCCCCCCC[n+]1cccc(C)c1.F[P-](F)(F)(F)(F)F. The molecule has 0 bridgehead atoms. The van der Waals surface area contributed by atoms with Crippen molar-refractivity contribution in [2.24, 2.45) is 0 Å². The molecule has 0 aliphatic heterocycles. The number of hydrogen-bond donors (Lipinski definition) is 0. The van der Waals surface area contributed by atoms with E-state index in [1.807, 2.05) is 0 Å². The van der Waals surface area contributed by atoms with Crippen LogP contribution in [0.15, 0.2) is 24.5 Å². The molecule has 0 aliphatic carbocycles. The monoisotopic (exact) mass is 435 g/mol. The van der Waals surface area contributed by atoms with Gasteiger partial charge >= 0.3 is 33.0 Å². The summed E-state index contributed by atoms with van der Waals surface area (Å²) in [5.74, 6) is 0. The second kappa shape index (κ2) is 12.0. The summed E-state index contributed by atoms with van der Waals surface area (Å²) < 4.78 is 61.5. The summed E-state index contributed by atoms with van der Waals surface area (Å²) in [4.78, 5) is 0. The van der Waals surface area contributed by atoms with Gasteiger partial charge in [-0.2, -0.15) is 0 Å². The van der Waals surface area contributed by atoms with Crippen LogP contribution < -0.4 is 4.57 Å². The molecule has 1 nitrogen and oxygen atoms in total. The van der Waals surface area contributed by atoms with Crippen LogP contribution in [0.4, 0.5) is 25.2 Å². The molecule has 0 radical (unpaired) electrons. The summed E-state index contributed by atoms with van der Waals surface area (Å²) in [6.07, 6.45) is 21.5. The van der Waals surface area contributed by atoms with Crippen molar-refractivity contribution in [1.82, 2.24) is 0 Å². The average Bonchev–Trinajstić information content (AvgIpc) is 2.53. The predicted molar refractivity (Wildman–Crippen MR) is 106 cm³/mol. The molecule has 0 saturated heterocycles. The van der Waals surface area contributed by atoms with Crippen LogP contribution in [0, 0.1) is 6.92 Å². The Hall–Kier alpha value is -0.840. The van der Waals surface area contributed by atoms with Crippen molar-refractivity contribution in [2.45, 2.75) is 97.4 Å². The number of unbranched alkanes of at least 4 members (excludes halogenated alkanes) is 11. The first-order chi connectivity index (χ1) is 12.8. The van der Waals surface area contributed by atoms with Crippen molar-refractivity contribution >= 4 is 7.81 Å². The van der Waals surface area contributed by atoms with Gasteiger partial charge in [-0.05, 0) is 19.4 Å². The van der Waals surface area contributed by atoms with E-state index in [2.05, 4.69) is 42.9 Å². The van der Waals surface area contributed by atoms with Gasteiger partial charge in [0.1, 0.15) is 6.54 Å². The fourth-order valence-electron chi connectivity index (χ4n) is 2.93. The molecule has 0 spiro atoms. The quantitative estimate of drug-likeness (QED) is 0.126. The van der Waals surface area contributed by atoms with Crippen LogP contribution in [0.25, 0.3) is 0 Å². The molecule has 0 saturated carbocycles. The molecular weight excluding hydrogens is 399 g/mol. The summed E-state index contributed by atoms with van der Waals surface area (Å²) in [7, 11) is -10.7. The fourth-order valence-corrected chi connectivity index (χ4v) is 2.93. The van der Waals surface area contributed by atoms with Crippen LogP contribution in [-0.2, 0) is 6.54 Å². The van der Waals surface area contributed by atoms with E-state index < -0.39 is 7.81 Å². The first kappa shape index (κ1) is 27.2. The molecule has 168 valence electrons. The van der Waals surface area contributed by atoms with E-state index >= 15 is 0 Å². The minimum atomic E-state index is -10.7. The van der Waals surface area contributed by atoms with E-state index in [4.69, 9.17) is 0 Å². The Morgan fingerprint density at radius 3 is 1.50 bits per heavy atom. The summed E-state index contributed by atoms with van der Waals surface area (Å²) >= 11 is 0. The zero-order chi connectivity index (χ0) is 21.6. The summed E-state index contributed by atoms with van der Waals surface area (Å²) in [5.41, 5.74) is 1.36. The number of rotatable bonds is 13. The molecule has 8 heteroatoms. The Kier molecular flexibility index (Phi) is 11.6. The van der Waals surface area contributed by atoms with Crippen molar-refractivity contribution in [3.8, 4) is 0 Å². The number of aryl methyl sites for hydroxylation is 2. The number of nitrogens with zero attached hydrogens (tertiary/aromatic N) is 1. The molecular formula is C20H36F6NP. The minimum absolute atomic E-state index is 1.18. The van der Waals surface area contributed by atoms with Crippen molar-refractivity contribution in [1.29, 1.82) is 0 Å². The number of hydrogen-bond acceptors (Lipinski definition) is 0. The van der Waals surface area contributed by atoms with Gasteiger partial charge in [-0.25, -0.2) is 4.57 Å². The molecule has 1 aromatic heterocycles. The van der Waals surface area contributed by atoms with Crippen LogP contribution in [0.5, 0.6) is 0 Å². The second-order valence-electron chi connectivity index (χ2n) is 7.47. The topological polar surface area (TPSA) is 3.88 Å². The van der Waals surface area contributed by atoms with Gasteiger partial charge in [-0.1, -0.05) is 71.1 Å². The average molecular weight is 435 g/mol. The molecule has 28 heavy (non-hydrogen) atoms. The first-order valence-electron chi connectivity index (χ1n) is 10.3. The third kappa shape index (κ3) is 27.4. The number of pyridine rings is 1. The normalized spacial score (nSPS) is 14.0. The van der Waals surface area contributed by atoms with Gasteiger partial charge in [0.25, 0.3) is 0 Å². The zero-order valence-corrected chi connectivity index (χ0v) is 18.1. The van der Waals surface area contributed by atoms with E-state index in [1.165, 1.54) is 89.2 Å². The van der Waals surface area contributed by atoms with Crippen LogP contribution in [0.3, 0.4) is 0 Å². The molecule has 0 fully saturated rings. The van der Waals surface area contributed by atoms with Crippen molar-refractivity contribution in [2.75, 3.05) is 0 Å².